The third-order valence-corrected chi connectivity index (χ3v) is 2.70. The Morgan fingerprint density at radius 2 is 2.06 bits per heavy atom. The number of nitrogens with one attached hydrogen (secondary N) is 1. The lowest BCUT2D eigenvalue weighted by atomic mass is 10.0. The Balaban J connectivity index is 1.80. The van der Waals surface area contributed by atoms with Crippen molar-refractivity contribution in [2.75, 3.05) is 0 Å². The molecule has 1 atom stereocenters. The van der Waals surface area contributed by atoms with Crippen molar-refractivity contribution in [3.63, 3.8) is 0 Å². The normalized spacial score (nSPS) is 12.1. The van der Waals surface area contributed by atoms with Gasteiger partial charge in [0.15, 0.2) is 0 Å². The van der Waals surface area contributed by atoms with Crippen molar-refractivity contribution in [2.45, 2.75) is 19.0 Å². The molecule has 4 heteroatoms. The minimum absolute atomic E-state index is 0.0625. The summed E-state index contributed by atoms with van der Waals surface area (Å²) in [5.41, 5.74) is 7.88. The molecule has 0 spiro atoms. The summed E-state index contributed by atoms with van der Waals surface area (Å²) in [5, 5.41) is 2.81. The molecule has 94 valence electrons. The second-order valence-electron chi connectivity index (χ2n) is 4.13. The molecule has 0 radical (unpaired) electrons. The monoisotopic (exact) mass is 244 g/mol. The molecule has 1 heterocycles. The van der Waals surface area contributed by atoms with Gasteiger partial charge in [0.05, 0.1) is 12.5 Å². The molecule has 3 N–H and O–H groups in total. The van der Waals surface area contributed by atoms with E-state index < -0.39 is 0 Å². The van der Waals surface area contributed by atoms with Gasteiger partial charge in [0.25, 0.3) is 0 Å². The molecule has 1 aromatic heterocycles. The summed E-state index contributed by atoms with van der Waals surface area (Å²) in [4.78, 5) is 11.7. The van der Waals surface area contributed by atoms with Crippen molar-refractivity contribution in [1.29, 1.82) is 0 Å². The molecule has 1 amide bonds. The largest absolute Gasteiger partial charge is 0.472 e. The van der Waals surface area contributed by atoms with E-state index in [2.05, 4.69) is 5.32 Å². The van der Waals surface area contributed by atoms with Gasteiger partial charge in [0, 0.05) is 24.6 Å². The standard InChI is InChI=1S/C14H16N2O2/c15-13(12-4-2-1-3-5-12)8-14(17)16-9-11-6-7-18-10-11/h1-7,10,13H,8-9,15H2,(H,16,17). The fourth-order valence-electron chi connectivity index (χ4n) is 1.68. The van der Waals surface area contributed by atoms with Crippen LogP contribution < -0.4 is 11.1 Å². The molecule has 18 heavy (non-hydrogen) atoms. The minimum Gasteiger partial charge on any atom is -0.472 e. The second kappa shape index (κ2) is 6.02. The number of nitrogens with two attached hydrogens (primary N) is 1. The molecule has 0 saturated carbocycles. The molecule has 0 aliphatic rings. The van der Waals surface area contributed by atoms with E-state index in [-0.39, 0.29) is 18.4 Å². The van der Waals surface area contributed by atoms with E-state index in [9.17, 15) is 4.79 Å². The molecule has 2 rings (SSSR count). The Bertz CT molecular complexity index is 480. The highest BCUT2D eigenvalue weighted by Crippen LogP contribution is 2.13. The van der Waals surface area contributed by atoms with Gasteiger partial charge in [0.2, 0.25) is 5.91 Å². The van der Waals surface area contributed by atoms with Crippen LogP contribution in [-0.2, 0) is 11.3 Å². The molecule has 0 bridgehead atoms. The number of furan rings is 1. The van der Waals surface area contributed by atoms with Crippen molar-refractivity contribution >= 4 is 5.91 Å². The van der Waals surface area contributed by atoms with Gasteiger partial charge in [-0.1, -0.05) is 30.3 Å². The topological polar surface area (TPSA) is 68.3 Å². The summed E-state index contributed by atoms with van der Waals surface area (Å²) < 4.78 is 4.92. The first-order chi connectivity index (χ1) is 8.75. The van der Waals surface area contributed by atoms with Crippen LogP contribution >= 0.6 is 0 Å². The number of hydrogen-bond donors (Lipinski definition) is 2. The van der Waals surface area contributed by atoms with Crippen molar-refractivity contribution in [1.82, 2.24) is 5.32 Å². The third kappa shape index (κ3) is 3.46. The molecule has 2 aromatic rings. The smallest absolute Gasteiger partial charge is 0.222 e. The summed E-state index contributed by atoms with van der Waals surface area (Å²) >= 11 is 0. The zero-order valence-electron chi connectivity index (χ0n) is 10.0. The summed E-state index contributed by atoms with van der Waals surface area (Å²) in [7, 11) is 0. The van der Waals surface area contributed by atoms with Crippen LogP contribution in [0.3, 0.4) is 0 Å². The molecule has 1 aromatic carbocycles. The lowest BCUT2D eigenvalue weighted by Gasteiger charge is -2.11. The zero-order chi connectivity index (χ0) is 12.8. The highest BCUT2D eigenvalue weighted by Gasteiger charge is 2.11. The summed E-state index contributed by atoms with van der Waals surface area (Å²) in [6.07, 6.45) is 3.47. The maximum absolute atomic E-state index is 11.7. The van der Waals surface area contributed by atoms with Crippen molar-refractivity contribution in [3.8, 4) is 0 Å². The van der Waals surface area contributed by atoms with E-state index in [1.807, 2.05) is 36.4 Å². The number of hydrogen-bond acceptors (Lipinski definition) is 3. The van der Waals surface area contributed by atoms with E-state index in [1.54, 1.807) is 12.5 Å². The van der Waals surface area contributed by atoms with Crippen LogP contribution in [0.2, 0.25) is 0 Å². The predicted molar refractivity (Wildman–Crippen MR) is 68.5 cm³/mol. The number of rotatable bonds is 5. The van der Waals surface area contributed by atoms with Gasteiger partial charge in [0.1, 0.15) is 0 Å². The Kier molecular flexibility index (Phi) is 4.15. The van der Waals surface area contributed by atoms with E-state index in [0.29, 0.717) is 6.54 Å². The fourth-order valence-corrected chi connectivity index (χ4v) is 1.68. The molecular formula is C14H16N2O2. The van der Waals surface area contributed by atoms with Crippen LogP contribution in [0.4, 0.5) is 0 Å². The number of benzene rings is 1. The maximum atomic E-state index is 11.7. The third-order valence-electron chi connectivity index (χ3n) is 2.70. The van der Waals surface area contributed by atoms with Crippen LogP contribution in [0.1, 0.15) is 23.6 Å². The van der Waals surface area contributed by atoms with Crippen LogP contribution in [0.15, 0.2) is 53.3 Å². The number of carbonyl (C=O) groups is 1. The van der Waals surface area contributed by atoms with Crippen molar-refractivity contribution < 1.29 is 9.21 Å². The van der Waals surface area contributed by atoms with Gasteiger partial charge in [-0.3, -0.25) is 4.79 Å². The molecule has 0 saturated heterocycles. The van der Waals surface area contributed by atoms with E-state index >= 15 is 0 Å². The van der Waals surface area contributed by atoms with Gasteiger partial charge < -0.3 is 15.5 Å². The number of carbonyl (C=O) groups excluding carboxylic acids is 1. The Morgan fingerprint density at radius 1 is 1.28 bits per heavy atom. The molecule has 0 aliphatic heterocycles. The SMILES string of the molecule is NC(CC(=O)NCc1ccoc1)c1ccccc1. The van der Waals surface area contributed by atoms with Crippen LogP contribution in [-0.4, -0.2) is 5.91 Å². The Labute approximate surface area is 106 Å². The van der Waals surface area contributed by atoms with Gasteiger partial charge in [-0.2, -0.15) is 0 Å². The number of amides is 1. The lowest BCUT2D eigenvalue weighted by Crippen LogP contribution is -2.26. The first-order valence-corrected chi connectivity index (χ1v) is 5.84. The van der Waals surface area contributed by atoms with E-state index in [0.717, 1.165) is 11.1 Å². The molecular weight excluding hydrogens is 228 g/mol. The average molecular weight is 244 g/mol. The Hall–Kier alpha value is -2.07. The van der Waals surface area contributed by atoms with Crippen molar-refractivity contribution in [2.24, 2.45) is 5.73 Å². The highest BCUT2D eigenvalue weighted by molar-refractivity contribution is 5.76. The van der Waals surface area contributed by atoms with Crippen LogP contribution in [0, 0.1) is 0 Å². The van der Waals surface area contributed by atoms with Gasteiger partial charge in [-0.05, 0) is 11.6 Å². The summed E-state index contributed by atoms with van der Waals surface area (Å²) in [6, 6.07) is 11.2. The predicted octanol–water partition coefficient (Wildman–Crippen LogP) is 1.99. The first kappa shape index (κ1) is 12.4. The van der Waals surface area contributed by atoms with Gasteiger partial charge in [-0.25, -0.2) is 0 Å². The summed E-state index contributed by atoms with van der Waals surface area (Å²) in [6.45, 7) is 0.469. The zero-order valence-corrected chi connectivity index (χ0v) is 10.0. The molecule has 0 fully saturated rings. The minimum atomic E-state index is -0.268. The van der Waals surface area contributed by atoms with Crippen LogP contribution in [0.25, 0.3) is 0 Å². The highest BCUT2D eigenvalue weighted by atomic mass is 16.3. The fraction of sp³-hybridized carbons (Fsp3) is 0.214. The molecule has 1 unspecified atom stereocenters. The van der Waals surface area contributed by atoms with E-state index in [4.69, 9.17) is 10.2 Å². The Morgan fingerprint density at radius 3 is 2.72 bits per heavy atom. The molecule has 0 aliphatic carbocycles. The maximum Gasteiger partial charge on any atom is 0.222 e. The van der Waals surface area contributed by atoms with Gasteiger partial charge in [-0.15, -0.1) is 0 Å². The molecule has 4 nitrogen and oxygen atoms in total. The lowest BCUT2D eigenvalue weighted by molar-refractivity contribution is -0.121. The average Bonchev–Trinajstić information content (AvgIpc) is 2.90. The van der Waals surface area contributed by atoms with Gasteiger partial charge >= 0.3 is 0 Å². The van der Waals surface area contributed by atoms with Crippen LogP contribution in [0.5, 0.6) is 0 Å². The van der Waals surface area contributed by atoms with Crippen molar-refractivity contribution in [3.05, 3.63) is 60.1 Å². The first-order valence-electron chi connectivity index (χ1n) is 5.84. The second-order valence-corrected chi connectivity index (χ2v) is 4.13. The van der Waals surface area contributed by atoms with E-state index in [1.165, 1.54) is 0 Å². The summed E-state index contributed by atoms with van der Waals surface area (Å²) in [5.74, 6) is -0.0625. The quantitative estimate of drug-likeness (QED) is 0.845.